The lowest BCUT2D eigenvalue weighted by Gasteiger charge is -2.12. The third-order valence-corrected chi connectivity index (χ3v) is 4.21. The first kappa shape index (κ1) is 12.9. The maximum Gasteiger partial charge on any atom is 0.133 e. The summed E-state index contributed by atoms with van der Waals surface area (Å²) in [5.41, 5.74) is 0. The minimum atomic E-state index is 0.251. The highest BCUT2D eigenvalue weighted by molar-refractivity contribution is 7.09. The molecule has 2 heterocycles. The molecule has 0 fully saturated rings. The molecule has 20 heavy (non-hydrogen) atoms. The molecule has 0 saturated carbocycles. The monoisotopic (exact) mass is 285 g/mol. The molecule has 1 unspecified atom stereocenters. The Morgan fingerprint density at radius 2 is 2.15 bits per heavy atom. The van der Waals surface area contributed by atoms with Crippen molar-refractivity contribution in [3.63, 3.8) is 0 Å². The Labute approximate surface area is 121 Å². The fourth-order valence-electron chi connectivity index (χ4n) is 2.11. The summed E-state index contributed by atoms with van der Waals surface area (Å²) < 4.78 is 0. The predicted octanol–water partition coefficient (Wildman–Crippen LogP) is 3.61. The summed E-state index contributed by atoms with van der Waals surface area (Å²) in [6, 6.07) is 7.25. The number of pyridine rings is 1. The summed E-state index contributed by atoms with van der Waals surface area (Å²) in [6.45, 7) is 2.89. The van der Waals surface area contributed by atoms with Crippen molar-refractivity contribution in [2.75, 3.05) is 11.9 Å². The van der Waals surface area contributed by atoms with Crippen molar-refractivity contribution in [2.24, 2.45) is 0 Å². The molecule has 1 aromatic carbocycles. The largest absolute Gasteiger partial charge is 0.508 e. The van der Waals surface area contributed by atoms with Gasteiger partial charge in [-0.05, 0) is 23.6 Å². The van der Waals surface area contributed by atoms with Gasteiger partial charge in [0, 0.05) is 35.6 Å². The summed E-state index contributed by atoms with van der Waals surface area (Å²) in [7, 11) is 0. The summed E-state index contributed by atoms with van der Waals surface area (Å²) in [5, 5.41) is 18.1. The van der Waals surface area contributed by atoms with Crippen LogP contribution in [0.5, 0.6) is 5.75 Å². The van der Waals surface area contributed by atoms with E-state index in [1.54, 1.807) is 29.7 Å². The Morgan fingerprint density at radius 1 is 1.25 bits per heavy atom. The normalized spacial score (nSPS) is 12.4. The molecule has 0 amide bonds. The quantitative estimate of drug-likeness (QED) is 0.769. The fourth-order valence-corrected chi connectivity index (χ4v) is 2.81. The van der Waals surface area contributed by atoms with Gasteiger partial charge in [0.25, 0.3) is 0 Å². The Hall–Kier alpha value is -2.14. The van der Waals surface area contributed by atoms with Gasteiger partial charge < -0.3 is 10.4 Å². The summed E-state index contributed by atoms with van der Waals surface area (Å²) in [5.74, 6) is 1.37. The number of nitrogens with zero attached hydrogens (tertiary/aromatic N) is 2. The number of nitrogens with one attached hydrogen (secondary N) is 1. The molecule has 3 rings (SSSR count). The molecule has 5 heteroatoms. The minimum absolute atomic E-state index is 0.251. The van der Waals surface area contributed by atoms with Crippen LogP contribution in [-0.2, 0) is 0 Å². The number of fused-ring (bicyclic) bond motifs is 1. The molecule has 3 aromatic rings. The van der Waals surface area contributed by atoms with Crippen LogP contribution in [0.3, 0.4) is 0 Å². The van der Waals surface area contributed by atoms with Gasteiger partial charge in [-0.25, -0.2) is 9.97 Å². The van der Waals surface area contributed by atoms with E-state index in [1.165, 1.54) is 0 Å². The van der Waals surface area contributed by atoms with Crippen LogP contribution in [0, 0.1) is 0 Å². The predicted molar refractivity (Wildman–Crippen MR) is 82.4 cm³/mol. The Bertz CT molecular complexity index is 712. The van der Waals surface area contributed by atoms with Crippen LogP contribution in [0.1, 0.15) is 17.8 Å². The number of rotatable bonds is 4. The zero-order valence-corrected chi connectivity index (χ0v) is 11.9. The summed E-state index contributed by atoms with van der Waals surface area (Å²) in [4.78, 5) is 8.69. The van der Waals surface area contributed by atoms with Crippen LogP contribution in [0.2, 0.25) is 0 Å². The van der Waals surface area contributed by atoms with Gasteiger partial charge in [-0.1, -0.05) is 13.0 Å². The van der Waals surface area contributed by atoms with E-state index >= 15 is 0 Å². The zero-order chi connectivity index (χ0) is 13.9. The second-order valence-corrected chi connectivity index (χ2v) is 5.64. The van der Waals surface area contributed by atoms with Gasteiger partial charge in [0.1, 0.15) is 11.6 Å². The van der Waals surface area contributed by atoms with Gasteiger partial charge >= 0.3 is 0 Å². The van der Waals surface area contributed by atoms with Gasteiger partial charge in [0.05, 0.1) is 5.01 Å². The standard InChI is InChI=1S/C15H15N3OS/c1-10(15-17-6-7-20-15)9-18-14-13-8-12(19)3-2-11(13)4-5-16-14/h2-8,10,19H,9H2,1H3,(H,16,18). The second-order valence-electron chi connectivity index (χ2n) is 4.72. The van der Waals surface area contributed by atoms with Crippen molar-refractivity contribution in [3.8, 4) is 5.75 Å². The number of aromatic hydroxyl groups is 1. The van der Waals surface area contributed by atoms with E-state index < -0.39 is 0 Å². The molecule has 0 aliphatic carbocycles. The topological polar surface area (TPSA) is 58.0 Å². The highest BCUT2D eigenvalue weighted by Crippen LogP contribution is 2.26. The maximum atomic E-state index is 9.62. The fraction of sp³-hybridized carbons (Fsp3) is 0.200. The SMILES string of the molecule is CC(CNc1nccc2ccc(O)cc12)c1nccs1. The number of hydrogen-bond acceptors (Lipinski definition) is 5. The molecule has 0 bridgehead atoms. The number of anilines is 1. The van der Waals surface area contributed by atoms with Crippen LogP contribution in [0.4, 0.5) is 5.82 Å². The van der Waals surface area contributed by atoms with Crippen LogP contribution >= 0.6 is 11.3 Å². The van der Waals surface area contributed by atoms with Crippen molar-refractivity contribution in [1.82, 2.24) is 9.97 Å². The maximum absolute atomic E-state index is 9.62. The van der Waals surface area contributed by atoms with E-state index in [2.05, 4.69) is 22.2 Å². The first-order chi connectivity index (χ1) is 9.74. The molecule has 2 aromatic heterocycles. The molecule has 1 atom stereocenters. The first-order valence-corrected chi connectivity index (χ1v) is 7.33. The molecule has 2 N–H and O–H groups in total. The van der Waals surface area contributed by atoms with Crippen LogP contribution in [0.15, 0.2) is 42.0 Å². The molecule has 0 aliphatic heterocycles. The second kappa shape index (κ2) is 5.46. The highest BCUT2D eigenvalue weighted by Gasteiger charge is 2.09. The number of benzene rings is 1. The van der Waals surface area contributed by atoms with E-state index in [0.717, 1.165) is 28.1 Å². The third kappa shape index (κ3) is 2.58. The Balaban J connectivity index is 1.82. The van der Waals surface area contributed by atoms with Crippen LogP contribution in [-0.4, -0.2) is 21.6 Å². The van der Waals surface area contributed by atoms with Gasteiger partial charge in [-0.3, -0.25) is 0 Å². The average molecular weight is 285 g/mol. The molecule has 102 valence electrons. The molecular weight excluding hydrogens is 270 g/mol. The number of hydrogen-bond donors (Lipinski definition) is 2. The van der Waals surface area contributed by atoms with Gasteiger partial charge in [0.15, 0.2) is 0 Å². The summed E-state index contributed by atoms with van der Waals surface area (Å²) in [6.07, 6.45) is 3.60. The van der Waals surface area contributed by atoms with Crippen molar-refractivity contribution in [2.45, 2.75) is 12.8 Å². The van der Waals surface area contributed by atoms with Crippen molar-refractivity contribution in [1.29, 1.82) is 0 Å². The lowest BCUT2D eigenvalue weighted by Crippen LogP contribution is -2.10. The molecule has 0 aliphatic rings. The minimum Gasteiger partial charge on any atom is -0.508 e. The van der Waals surface area contributed by atoms with Gasteiger partial charge in [-0.2, -0.15) is 0 Å². The lowest BCUT2D eigenvalue weighted by molar-refractivity contribution is 0.476. The number of aromatic nitrogens is 2. The summed E-state index contributed by atoms with van der Waals surface area (Å²) >= 11 is 1.66. The van der Waals surface area contributed by atoms with E-state index in [0.29, 0.717) is 5.92 Å². The first-order valence-electron chi connectivity index (χ1n) is 6.45. The number of phenols is 1. The van der Waals surface area contributed by atoms with Crippen molar-refractivity contribution < 1.29 is 5.11 Å². The van der Waals surface area contributed by atoms with E-state index in [1.807, 2.05) is 23.7 Å². The molecular formula is C15H15N3OS. The van der Waals surface area contributed by atoms with Crippen LogP contribution < -0.4 is 5.32 Å². The van der Waals surface area contributed by atoms with E-state index in [9.17, 15) is 5.11 Å². The van der Waals surface area contributed by atoms with Crippen molar-refractivity contribution >= 4 is 27.9 Å². The molecule has 0 saturated heterocycles. The molecule has 0 radical (unpaired) electrons. The number of phenolic OH excluding ortho intramolecular Hbond substituents is 1. The lowest BCUT2D eigenvalue weighted by atomic mass is 10.1. The van der Waals surface area contributed by atoms with Gasteiger partial charge in [-0.15, -0.1) is 11.3 Å². The average Bonchev–Trinajstić information content (AvgIpc) is 2.99. The highest BCUT2D eigenvalue weighted by atomic mass is 32.1. The third-order valence-electron chi connectivity index (χ3n) is 3.20. The molecule has 0 spiro atoms. The van der Waals surface area contributed by atoms with Crippen LogP contribution in [0.25, 0.3) is 10.8 Å². The van der Waals surface area contributed by atoms with Crippen molar-refractivity contribution in [3.05, 3.63) is 47.0 Å². The molecule has 4 nitrogen and oxygen atoms in total. The van der Waals surface area contributed by atoms with E-state index in [-0.39, 0.29) is 5.75 Å². The number of thiazole rings is 1. The Morgan fingerprint density at radius 3 is 2.95 bits per heavy atom. The zero-order valence-electron chi connectivity index (χ0n) is 11.1. The Kier molecular flexibility index (Phi) is 3.52. The smallest absolute Gasteiger partial charge is 0.133 e. The van der Waals surface area contributed by atoms with E-state index in [4.69, 9.17) is 0 Å². The van der Waals surface area contributed by atoms with Gasteiger partial charge in [0.2, 0.25) is 0 Å².